The van der Waals surface area contributed by atoms with Crippen molar-refractivity contribution < 1.29 is 30.0 Å². The number of thiophene rings is 1. The first kappa shape index (κ1) is 33.5. The predicted molar refractivity (Wildman–Crippen MR) is 185 cm³/mol. The van der Waals surface area contributed by atoms with Gasteiger partial charge in [0.25, 0.3) is 0 Å². The van der Waals surface area contributed by atoms with Gasteiger partial charge in [0, 0.05) is 68.8 Å². The Labute approximate surface area is 278 Å². The van der Waals surface area contributed by atoms with E-state index in [1.54, 1.807) is 0 Å². The molecule has 0 atom stereocenters. The Bertz CT molecular complexity index is 2040. The number of pyridine rings is 1. The molecule has 0 unspecified atom stereocenters. The van der Waals surface area contributed by atoms with Gasteiger partial charge in [-0.3, -0.25) is 4.79 Å². The second kappa shape index (κ2) is 12.6. The van der Waals surface area contributed by atoms with Crippen molar-refractivity contribution in [3.05, 3.63) is 101 Å². The Morgan fingerprint density at radius 2 is 1.34 bits per heavy atom. The van der Waals surface area contributed by atoms with Crippen LogP contribution in [-0.2, 0) is 24.9 Å². The van der Waals surface area contributed by atoms with E-state index in [9.17, 15) is 9.90 Å². The summed E-state index contributed by atoms with van der Waals surface area (Å²) in [6, 6.07) is 25.8. The van der Waals surface area contributed by atoms with Gasteiger partial charge in [0.1, 0.15) is 5.76 Å². The summed E-state index contributed by atoms with van der Waals surface area (Å²) in [6.45, 7) is 17.5. The van der Waals surface area contributed by atoms with Crippen molar-refractivity contribution in [2.75, 3.05) is 0 Å². The maximum absolute atomic E-state index is 11.5. The minimum Gasteiger partial charge on any atom is -0.512 e. The molecule has 4 aromatic carbocycles. The Morgan fingerprint density at radius 3 is 1.98 bits per heavy atom. The van der Waals surface area contributed by atoms with Gasteiger partial charge in [0.2, 0.25) is 0 Å². The first-order valence-electron chi connectivity index (χ1n) is 14.7. The summed E-state index contributed by atoms with van der Waals surface area (Å²) >= 11 is 1.90. The summed E-state index contributed by atoms with van der Waals surface area (Å²) in [5, 5.41) is 17.3. The SMILES string of the molecule is CC(C)(C)C(=O)/C=C(\O)C(C)(C)C.Cc1[c-]c(-c2nccc3c2ccc2c3ccc3c4ccc(C)cc4sc32)cc(C)c1.[Ir]. The van der Waals surface area contributed by atoms with E-state index in [2.05, 4.69) is 87.5 Å². The normalized spacial score (nSPS) is 12.3. The van der Waals surface area contributed by atoms with Crippen LogP contribution in [0, 0.1) is 37.7 Å². The third kappa shape index (κ3) is 6.81. The molecule has 1 N–H and O–H groups in total. The van der Waals surface area contributed by atoms with Gasteiger partial charge in [0.05, 0.1) is 0 Å². The molecule has 0 saturated heterocycles. The summed E-state index contributed by atoms with van der Waals surface area (Å²) in [4.78, 5) is 16.2. The number of ketones is 1. The van der Waals surface area contributed by atoms with Crippen molar-refractivity contribution in [2.45, 2.75) is 62.3 Å². The zero-order chi connectivity index (χ0) is 31.3. The first-order chi connectivity index (χ1) is 20.1. The van der Waals surface area contributed by atoms with E-state index in [4.69, 9.17) is 4.98 Å². The quantitative estimate of drug-likeness (QED) is 0.0824. The number of aliphatic hydroxyl groups is 1. The molecule has 44 heavy (non-hydrogen) atoms. The minimum atomic E-state index is -0.417. The Balaban J connectivity index is 0.000000271. The number of carbonyl (C=O) groups excluding carboxylic acids is 1. The molecular formula is C39H40IrNO2S-. The largest absolute Gasteiger partial charge is 0.512 e. The van der Waals surface area contributed by atoms with Crippen molar-refractivity contribution in [3.8, 4) is 11.3 Å². The molecule has 6 aromatic rings. The standard InChI is InChI=1S/C28H20NS.C11H20O2.Ir/c1-16-4-5-22-25-8-6-20-21-10-11-29-27(19-13-17(2)12-18(3)14-19)23(21)7-9-24(20)28(25)30-26(22)15-16;1-10(2,3)8(12)7-9(13)11(4,5)6;/h4-13,15H,1-3H3;7,12H,1-6H3;/q-1;;/b;8-7-;. The molecule has 2 heterocycles. The number of allylic oxidation sites excluding steroid dienone is 2. The topological polar surface area (TPSA) is 50.2 Å². The molecule has 6 rings (SSSR count). The molecule has 0 aliphatic heterocycles. The van der Waals surface area contributed by atoms with Crippen LogP contribution in [0.15, 0.2) is 78.7 Å². The van der Waals surface area contributed by atoms with Crippen molar-refractivity contribution in [1.29, 1.82) is 0 Å². The van der Waals surface area contributed by atoms with Crippen LogP contribution in [0.25, 0.3) is 53.0 Å². The average molecular weight is 779 g/mol. The van der Waals surface area contributed by atoms with Crippen molar-refractivity contribution in [3.63, 3.8) is 0 Å². The second-order valence-electron chi connectivity index (χ2n) is 13.6. The fraction of sp³-hybridized carbons (Fsp3) is 0.282. The first-order valence-corrected chi connectivity index (χ1v) is 15.5. The smallest absolute Gasteiger partial charge is 0.164 e. The van der Waals surface area contributed by atoms with Crippen molar-refractivity contribution >= 4 is 58.8 Å². The molecule has 229 valence electrons. The fourth-order valence-corrected chi connectivity index (χ4v) is 6.54. The van der Waals surface area contributed by atoms with Gasteiger partial charge in [-0.2, -0.15) is 0 Å². The predicted octanol–water partition coefficient (Wildman–Crippen LogP) is 11.2. The number of nitrogens with zero attached hydrogens (tertiary/aromatic N) is 1. The summed E-state index contributed by atoms with van der Waals surface area (Å²) in [5.41, 5.74) is 5.00. The number of carbonyl (C=O) groups is 1. The monoisotopic (exact) mass is 779 g/mol. The van der Waals surface area contributed by atoms with E-state index in [1.165, 1.54) is 58.9 Å². The molecule has 0 aliphatic rings. The zero-order valence-corrected chi connectivity index (χ0v) is 30.2. The Morgan fingerprint density at radius 1 is 0.750 bits per heavy atom. The van der Waals surface area contributed by atoms with Crippen molar-refractivity contribution in [2.24, 2.45) is 10.8 Å². The van der Waals surface area contributed by atoms with Crippen LogP contribution in [0.2, 0.25) is 0 Å². The summed E-state index contributed by atoms with van der Waals surface area (Å²) in [6.07, 6.45) is 3.26. The molecule has 0 bridgehead atoms. The number of aryl methyl sites for hydroxylation is 3. The second-order valence-corrected chi connectivity index (χ2v) is 14.7. The van der Waals surface area contributed by atoms with E-state index in [0.717, 1.165) is 16.8 Å². The van der Waals surface area contributed by atoms with Gasteiger partial charge in [0.15, 0.2) is 5.78 Å². The van der Waals surface area contributed by atoms with Gasteiger partial charge in [-0.05, 0) is 46.5 Å². The van der Waals surface area contributed by atoms with E-state index >= 15 is 0 Å². The molecular weight excluding hydrogens is 739 g/mol. The number of fused-ring (bicyclic) bond motifs is 7. The average Bonchev–Trinajstić information content (AvgIpc) is 3.29. The van der Waals surface area contributed by atoms with Gasteiger partial charge in [-0.25, -0.2) is 0 Å². The van der Waals surface area contributed by atoms with Crippen LogP contribution in [0.5, 0.6) is 0 Å². The van der Waals surface area contributed by atoms with E-state index in [1.807, 2.05) is 59.1 Å². The molecule has 0 saturated carbocycles. The molecule has 2 aromatic heterocycles. The number of hydrogen-bond donors (Lipinski definition) is 1. The third-order valence-electron chi connectivity index (χ3n) is 7.71. The maximum atomic E-state index is 11.5. The Kier molecular flexibility index (Phi) is 9.57. The van der Waals surface area contributed by atoms with Crippen LogP contribution in [0.3, 0.4) is 0 Å². The maximum Gasteiger partial charge on any atom is 0.164 e. The van der Waals surface area contributed by atoms with Gasteiger partial charge < -0.3 is 10.1 Å². The molecule has 1 radical (unpaired) electrons. The van der Waals surface area contributed by atoms with Crippen LogP contribution < -0.4 is 0 Å². The summed E-state index contributed by atoms with van der Waals surface area (Å²) in [5.74, 6) is 0.104. The molecule has 0 spiro atoms. The minimum absolute atomic E-state index is 0. The molecule has 0 aliphatic carbocycles. The van der Waals surface area contributed by atoms with Gasteiger partial charge in [-0.15, -0.1) is 46.2 Å². The van der Waals surface area contributed by atoms with Gasteiger partial charge in [-0.1, -0.05) is 91.8 Å². The number of aromatic nitrogens is 1. The number of hydrogen-bond acceptors (Lipinski definition) is 4. The summed E-state index contributed by atoms with van der Waals surface area (Å²) < 4.78 is 2.73. The number of rotatable bonds is 2. The van der Waals surface area contributed by atoms with E-state index in [-0.39, 0.29) is 37.1 Å². The zero-order valence-electron chi connectivity index (χ0n) is 27.0. The van der Waals surface area contributed by atoms with Crippen LogP contribution >= 0.6 is 11.3 Å². The fourth-order valence-electron chi connectivity index (χ4n) is 5.21. The molecule has 0 amide bonds. The molecule has 3 nitrogen and oxygen atoms in total. The summed E-state index contributed by atoms with van der Waals surface area (Å²) in [7, 11) is 0. The van der Waals surface area contributed by atoms with E-state index in [0.29, 0.717) is 0 Å². The third-order valence-corrected chi connectivity index (χ3v) is 8.91. The molecule has 5 heteroatoms. The van der Waals surface area contributed by atoms with Crippen LogP contribution in [-0.4, -0.2) is 15.9 Å². The van der Waals surface area contributed by atoms with Crippen molar-refractivity contribution in [1.82, 2.24) is 4.98 Å². The Hall–Kier alpha value is -3.37. The van der Waals surface area contributed by atoms with Gasteiger partial charge >= 0.3 is 0 Å². The van der Waals surface area contributed by atoms with E-state index < -0.39 is 5.41 Å². The number of aliphatic hydroxyl groups excluding tert-OH is 1. The molecule has 0 fully saturated rings. The van der Waals surface area contributed by atoms with Crippen LogP contribution in [0.1, 0.15) is 58.2 Å². The van der Waals surface area contributed by atoms with Crippen LogP contribution in [0.4, 0.5) is 0 Å². The number of benzene rings is 4.